The third-order valence-electron chi connectivity index (χ3n) is 3.61. The van der Waals surface area contributed by atoms with E-state index in [0.29, 0.717) is 24.5 Å². The number of aryl methyl sites for hydroxylation is 2. The Bertz CT molecular complexity index is 692. The molecule has 0 saturated heterocycles. The molecule has 0 bridgehead atoms. The average molecular weight is 303 g/mol. The minimum atomic E-state index is 0.0143. The number of nitrogens with zero attached hydrogens (tertiary/aromatic N) is 1. The van der Waals surface area contributed by atoms with Crippen molar-refractivity contribution in [1.29, 1.82) is 0 Å². The number of benzene rings is 1. The summed E-state index contributed by atoms with van der Waals surface area (Å²) in [5, 5.41) is 0. The molecule has 2 aromatic rings. The van der Waals surface area contributed by atoms with E-state index in [1.807, 2.05) is 12.1 Å². The van der Waals surface area contributed by atoms with Crippen LogP contribution in [-0.4, -0.2) is 18.3 Å². The van der Waals surface area contributed by atoms with E-state index in [2.05, 4.69) is 44.7 Å². The van der Waals surface area contributed by atoms with Crippen molar-refractivity contribution in [2.75, 3.05) is 13.7 Å². The molecule has 0 N–H and O–H groups in total. The van der Waals surface area contributed by atoms with Crippen LogP contribution in [0.1, 0.15) is 16.7 Å². The van der Waals surface area contributed by atoms with E-state index in [1.165, 1.54) is 5.56 Å². The Hall–Kier alpha value is -1.52. The summed E-state index contributed by atoms with van der Waals surface area (Å²) in [7, 11) is 1.64. The molecule has 4 heteroatoms. The summed E-state index contributed by atoms with van der Waals surface area (Å²) in [6.45, 7) is 5.17. The number of hydrogen-bond donors (Lipinski definition) is 1. The number of thiol groups is 1. The van der Waals surface area contributed by atoms with E-state index < -0.39 is 0 Å². The summed E-state index contributed by atoms with van der Waals surface area (Å²) >= 11 is 4.23. The zero-order valence-electron chi connectivity index (χ0n) is 12.7. The van der Waals surface area contributed by atoms with Gasteiger partial charge in [0.2, 0.25) is 0 Å². The van der Waals surface area contributed by atoms with E-state index >= 15 is 0 Å². The molecule has 0 radical (unpaired) electrons. The highest BCUT2D eigenvalue weighted by Crippen LogP contribution is 2.24. The summed E-state index contributed by atoms with van der Waals surface area (Å²) < 4.78 is 6.93. The molecule has 0 spiro atoms. The Kier molecular flexibility index (Phi) is 5.26. The van der Waals surface area contributed by atoms with Crippen LogP contribution in [0.3, 0.4) is 0 Å². The SMILES string of the molecule is COCCn1c(-c2cc(C)ccc2C)ccc(CS)c1=O. The normalized spacial score (nSPS) is 10.9. The van der Waals surface area contributed by atoms with Crippen molar-refractivity contribution in [3.63, 3.8) is 0 Å². The zero-order valence-corrected chi connectivity index (χ0v) is 13.6. The number of pyridine rings is 1. The Balaban J connectivity index is 2.64. The highest BCUT2D eigenvalue weighted by atomic mass is 32.1. The molecule has 2 rings (SSSR count). The smallest absolute Gasteiger partial charge is 0.255 e. The summed E-state index contributed by atoms with van der Waals surface area (Å²) in [5.74, 6) is 0.443. The van der Waals surface area contributed by atoms with Crippen molar-refractivity contribution >= 4 is 12.6 Å². The molecule has 112 valence electrons. The third kappa shape index (κ3) is 3.39. The molecule has 3 nitrogen and oxygen atoms in total. The summed E-state index contributed by atoms with van der Waals surface area (Å²) in [6, 6.07) is 10.2. The largest absolute Gasteiger partial charge is 0.383 e. The fourth-order valence-electron chi connectivity index (χ4n) is 2.40. The molecule has 0 amide bonds. The van der Waals surface area contributed by atoms with Gasteiger partial charge in [-0.2, -0.15) is 12.6 Å². The first-order valence-electron chi connectivity index (χ1n) is 6.98. The van der Waals surface area contributed by atoms with E-state index in [-0.39, 0.29) is 5.56 Å². The molecule has 1 heterocycles. The lowest BCUT2D eigenvalue weighted by atomic mass is 10.0. The third-order valence-corrected chi connectivity index (χ3v) is 3.95. The molecule has 0 atom stereocenters. The number of rotatable bonds is 5. The number of methoxy groups -OCH3 is 1. The Morgan fingerprint density at radius 3 is 2.62 bits per heavy atom. The highest BCUT2D eigenvalue weighted by Gasteiger charge is 2.11. The molecule has 0 aliphatic rings. The maximum absolute atomic E-state index is 12.6. The van der Waals surface area contributed by atoms with Gasteiger partial charge >= 0.3 is 0 Å². The van der Waals surface area contributed by atoms with Gasteiger partial charge in [-0.05, 0) is 31.5 Å². The van der Waals surface area contributed by atoms with E-state index in [1.54, 1.807) is 11.7 Å². The zero-order chi connectivity index (χ0) is 15.4. The first kappa shape index (κ1) is 15.9. The minimum absolute atomic E-state index is 0.0143. The molecular formula is C17H21NO2S. The number of hydrogen-bond acceptors (Lipinski definition) is 3. The van der Waals surface area contributed by atoms with E-state index in [9.17, 15) is 4.79 Å². The van der Waals surface area contributed by atoms with Gasteiger partial charge in [0, 0.05) is 30.5 Å². The van der Waals surface area contributed by atoms with Gasteiger partial charge < -0.3 is 9.30 Å². The summed E-state index contributed by atoms with van der Waals surface area (Å²) in [5.41, 5.74) is 5.09. The maximum atomic E-state index is 12.6. The van der Waals surface area contributed by atoms with Gasteiger partial charge in [-0.3, -0.25) is 4.79 Å². The Labute approximate surface area is 131 Å². The van der Waals surface area contributed by atoms with Gasteiger partial charge in [0.1, 0.15) is 0 Å². The van der Waals surface area contributed by atoms with E-state index in [4.69, 9.17) is 4.74 Å². The van der Waals surface area contributed by atoms with Gasteiger partial charge in [-0.25, -0.2) is 0 Å². The van der Waals surface area contributed by atoms with E-state index in [0.717, 1.165) is 16.8 Å². The first-order valence-corrected chi connectivity index (χ1v) is 7.62. The van der Waals surface area contributed by atoms with Gasteiger partial charge in [0.25, 0.3) is 5.56 Å². The lowest BCUT2D eigenvalue weighted by molar-refractivity contribution is 0.186. The van der Waals surface area contributed by atoms with Crippen molar-refractivity contribution < 1.29 is 4.74 Å². The molecule has 1 aromatic carbocycles. The van der Waals surface area contributed by atoms with Crippen LogP contribution in [0.4, 0.5) is 0 Å². The van der Waals surface area contributed by atoms with Crippen molar-refractivity contribution in [2.24, 2.45) is 0 Å². The molecule has 21 heavy (non-hydrogen) atoms. The second-order valence-corrected chi connectivity index (χ2v) is 5.49. The van der Waals surface area contributed by atoms with Crippen LogP contribution in [0, 0.1) is 13.8 Å². The molecule has 0 unspecified atom stereocenters. The lowest BCUT2D eigenvalue weighted by Gasteiger charge is -2.16. The van der Waals surface area contributed by atoms with Crippen molar-refractivity contribution in [3.8, 4) is 11.3 Å². The topological polar surface area (TPSA) is 31.2 Å². The van der Waals surface area contributed by atoms with Gasteiger partial charge in [-0.1, -0.05) is 23.8 Å². The van der Waals surface area contributed by atoms with Crippen LogP contribution >= 0.6 is 12.6 Å². The fourth-order valence-corrected chi connectivity index (χ4v) is 2.64. The quantitative estimate of drug-likeness (QED) is 0.860. The summed E-state index contributed by atoms with van der Waals surface area (Å²) in [6.07, 6.45) is 0. The Morgan fingerprint density at radius 2 is 1.95 bits per heavy atom. The van der Waals surface area contributed by atoms with Gasteiger partial charge in [-0.15, -0.1) is 0 Å². The fraction of sp³-hybridized carbons (Fsp3) is 0.353. The van der Waals surface area contributed by atoms with Crippen LogP contribution in [-0.2, 0) is 17.0 Å². The molecular weight excluding hydrogens is 282 g/mol. The lowest BCUT2D eigenvalue weighted by Crippen LogP contribution is -2.26. The van der Waals surface area contributed by atoms with Crippen LogP contribution < -0.4 is 5.56 Å². The molecule has 0 saturated carbocycles. The van der Waals surface area contributed by atoms with Crippen LogP contribution in [0.15, 0.2) is 35.1 Å². The molecule has 1 aromatic heterocycles. The van der Waals surface area contributed by atoms with Gasteiger partial charge in [0.15, 0.2) is 0 Å². The second kappa shape index (κ2) is 6.96. The van der Waals surface area contributed by atoms with Crippen molar-refractivity contribution in [2.45, 2.75) is 26.1 Å². The molecule has 0 fully saturated rings. The Morgan fingerprint density at radius 1 is 1.19 bits per heavy atom. The predicted molar refractivity (Wildman–Crippen MR) is 90.2 cm³/mol. The van der Waals surface area contributed by atoms with Crippen molar-refractivity contribution in [1.82, 2.24) is 4.57 Å². The maximum Gasteiger partial charge on any atom is 0.255 e. The van der Waals surface area contributed by atoms with Crippen LogP contribution in [0.25, 0.3) is 11.3 Å². The number of aromatic nitrogens is 1. The average Bonchev–Trinajstić information content (AvgIpc) is 2.48. The molecule has 0 aliphatic carbocycles. The highest BCUT2D eigenvalue weighted by molar-refractivity contribution is 7.79. The molecule has 0 aliphatic heterocycles. The predicted octanol–water partition coefficient (Wildman–Crippen LogP) is 3.21. The standard InChI is InChI=1S/C17H21NO2S/c1-12-4-5-13(2)15(10-12)16-7-6-14(11-21)17(19)18(16)8-9-20-3/h4-7,10,21H,8-9,11H2,1-3H3. The first-order chi connectivity index (χ1) is 10.1. The van der Waals surface area contributed by atoms with Crippen molar-refractivity contribution in [3.05, 3.63) is 57.4 Å². The summed E-state index contributed by atoms with van der Waals surface area (Å²) in [4.78, 5) is 12.6. The monoisotopic (exact) mass is 303 g/mol. The van der Waals surface area contributed by atoms with Crippen LogP contribution in [0.2, 0.25) is 0 Å². The van der Waals surface area contributed by atoms with Gasteiger partial charge in [0.05, 0.1) is 12.3 Å². The minimum Gasteiger partial charge on any atom is -0.383 e. The second-order valence-electron chi connectivity index (χ2n) is 5.17. The van der Waals surface area contributed by atoms with Crippen LogP contribution in [0.5, 0.6) is 0 Å². The number of ether oxygens (including phenoxy) is 1.